The fourth-order valence-electron chi connectivity index (χ4n) is 6.61. The average molecular weight is 686 g/mol. The average Bonchev–Trinajstić information content (AvgIpc) is 3.59. The Bertz CT molecular complexity index is 1890. The van der Waals surface area contributed by atoms with Crippen LogP contribution < -0.4 is 15.4 Å². The minimum atomic E-state index is -0.578. The second kappa shape index (κ2) is 16.3. The maximum absolute atomic E-state index is 12.7. The third-order valence-electron chi connectivity index (χ3n) is 9.29. The molecule has 0 aromatic heterocycles. The molecule has 9 nitrogen and oxygen atoms in total. The zero-order valence-corrected chi connectivity index (χ0v) is 28.4. The molecule has 4 unspecified atom stereocenters. The van der Waals surface area contributed by atoms with Crippen LogP contribution in [0, 0.1) is 0 Å². The van der Waals surface area contributed by atoms with Crippen molar-refractivity contribution < 1.29 is 29.2 Å². The number of carbonyl (C=O) groups excluding carboxylic acids is 1. The zero-order chi connectivity index (χ0) is 35.0. The van der Waals surface area contributed by atoms with E-state index in [-0.39, 0.29) is 30.9 Å². The van der Waals surface area contributed by atoms with Crippen molar-refractivity contribution in [2.45, 2.75) is 50.6 Å². The lowest BCUT2D eigenvalue weighted by molar-refractivity contribution is -0.252. The number of hydrogen-bond acceptors (Lipinski definition) is 7. The van der Waals surface area contributed by atoms with Gasteiger partial charge in [0.15, 0.2) is 6.29 Å². The van der Waals surface area contributed by atoms with Crippen molar-refractivity contribution >= 4 is 11.7 Å². The van der Waals surface area contributed by atoms with E-state index in [0.717, 1.165) is 58.6 Å². The summed E-state index contributed by atoms with van der Waals surface area (Å²) in [5, 5.41) is 25.5. The Kier molecular flexibility index (Phi) is 11.0. The van der Waals surface area contributed by atoms with Crippen LogP contribution in [0.25, 0.3) is 11.1 Å². The minimum absolute atomic E-state index is 0.00478. The first kappa shape index (κ1) is 34.4. The minimum Gasteiger partial charge on any atom is -0.457 e. The number of carbonyl (C=O) groups is 1. The van der Waals surface area contributed by atoms with Gasteiger partial charge in [-0.15, -0.1) is 0 Å². The molecule has 2 fully saturated rings. The Morgan fingerprint density at radius 1 is 0.784 bits per heavy atom. The molecule has 0 aliphatic carbocycles. The molecule has 2 amide bonds. The maximum atomic E-state index is 12.7. The zero-order valence-electron chi connectivity index (χ0n) is 28.4. The van der Waals surface area contributed by atoms with E-state index in [2.05, 4.69) is 39.8 Å². The number of nitrogens with one attached hydrogen (secondary N) is 2. The van der Waals surface area contributed by atoms with Crippen LogP contribution in [0.5, 0.6) is 11.5 Å². The van der Waals surface area contributed by atoms with Crippen LogP contribution >= 0.6 is 0 Å². The molecule has 2 heterocycles. The van der Waals surface area contributed by atoms with Crippen LogP contribution in [0.15, 0.2) is 127 Å². The van der Waals surface area contributed by atoms with E-state index in [0.29, 0.717) is 30.9 Å². The first-order valence-corrected chi connectivity index (χ1v) is 17.5. The highest BCUT2D eigenvalue weighted by atomic mass is 16.7. The summed E-state index contributed by atoms with van der Waals surface area (Å²) in [6.45, 7) is 2.57. The van der Waals surface area contributed by atoms with Gasteiger partial charge in [-0.25, -0.2) is 4.79 Å². The summed E-state index contributed by atoms with van der Waals surface area (Å²) in [5.41, 5.74) is 6.47. The van der Waals surface area contributed by atoms with Crippen molar-refractivity contribution in [2.75, 3.05) is 25.0 Å². The number of urea groups is 1. The van der Waals surface area contributed by atoms with Gasteiger partial charge in [0.1, 0.15) is 11.5 Å². The fourth-order valence-corrected chi connectivity index (χ4v) is 6.61. The molecule has 9 heteroatoms. The van der Waals surface area contributed by atoms with Gasteiger partial charge < -0.3 is 35.1 Å². The Hall–Kier alpha value is -5.03. The van der Waals surface area contributed by atoms with Crippen molar-refractivity contribution in [2.24, 2.45) is 0 Å². The van der Waals surface area contributed by atoms with Crippen molar-refractivity contribution in [3.05, 3.63) is 150 Å². The van der Waals surface area contributed by atoms with Gasteiger partial charge >= 0.3 is 6.03 Å². The van der Waals surface area contributed by atoms with Crippen LogP contribution in [-0.2, 0) is 22.6 Å². The summed E-state index contributed by atoms with van der Waals surface area (Å²) < 4.78 is 19.0. The lowest BCUT2D eigenvalue weighted by Crippen LogP contribution is -2.38. The number of β-amino-alcohol motifs (C(OH)–C–C–N with tert-alkyl or cyclic N) is 1. The van der Waals surface area contributed by atoms with Gasteiger partial charge in [0.2, 0.25) is 0 Å². The number of ether oxygens (including phenoxy) is 3. The predicted molar refractivity (Wildman–Crippen MR) is 196 cm³/mol. The molecule has 2 saturated heterocycles. The number of para-hydroxylation sites is 1. The normalized spacial score (nSPS) is 20.5. The van der Waals surface area contributed by atoms with E-state index in [9.17, 15) is 15.0 Å². The summed E-state index contributed by atoms with van der Waals surface area (Å²) in [7, 11) is 0. The Balaban J connectivity index is 0.997. The summed E-state index contributed by atoms with van der Waals surface area (Å²) in [5.74, 6) is 1.44. The van der Waals surface area contributed by atoms with Crippen molar-refractivity contribution in [1.29, 1.82) is 0 Å². The summed E-state index contributed by atoms with van der Waals surface area (Å²) in [6, 6.07) is 40.7. The number of aliphatic hydroxyl groups is 2. The second-order valence-corrected chi connectivity index (χ2v) is 13.1. The molecule has 51 heavy (non-hydrogen) atoms. The smallest absolute Gasteiger partial charge is 0.319 e. The molecule has 2 aliphatic rings. The molecule has 0 radical (unpaired) electrons. The van der Waals surface area contributed by atoms with Crippen molar-refractivity contribution in [3.63, 3.8) is 0 Å². The summed E-state index contributed by atoms with van der Waals surface area (Å²) in [4.78, 5) is 15.0. The SMILES string of the molecule is O=C(NCc1cccc(-c2cccc(C3OC(CN4CCC(O)C4)CC(c4ccc(CO)cc4)O3)c2)c1)Nc1ccc(Oc2ccccc2)cc1. The topological polar surface area (TPSA) is 113 Å². The molecule has 4 N–H and O–H groups in total. The molecule has 5 aromatic rings. The maximum Gasteiger partial charge on any atom is 0.319 e. The van der Waals surface area contributed by atoms with E-state index in [1.807, 2.05) is 91.0 Å². The van der Waals surface area contributed by atoms with Gasteiger partial charge in [-0.05, 0) is 82.8 Å². The Morgan fingerprint density at radius 2 is 1.53 bits per heavy atom. The molecule has 7 rings (SSSR count). The molecule has 262 valence electrons. The van der Waals surface area contributed by atoms with Crippen molar-refractivity contribution in [1.82, 2.24) is 10.2 Å². The number of benzene rings is 5. The molecule has 5 aromatic carbocycles. The molecule has 2 aliphatic heterocycles. The van der Waals surface area contributed by atoms with Crippen LogP contribution in [-0.4, -0.2) is 53.0 Å². The number of likely N-dealkylation sites (tertiary alicyclic amines) is 1. The first-order chi connectivity index (χ1) is 25.0. The number of amides is 2. The van der Waals surface area contributed by atoms with Crippen LogP contribution in [0.1, 0.15) is 47.5 Å². The third-order valence-corrected chi connectivity index (χ3v) is 9.29. The molecule has 0 bridgehead atoms. The Labute approximate surface area is 298 Å². The van der Waals surface area contributed by atoms with Gasteiger partial charge in [0, 0.05) is 43.9 Å². The van der Waals surface area contributed by atoms with Gasteiger partial charge in [0.25, 0.3) is 0 Å². The quantitative estimate of drug-likeness (QED) is 0.114. The van der Waals surface area contributed by atoms with Crippen LogP contribution in [0.2, 0.25) is 0 Å². The summed E-state index contributed by atoms with van der Waals surface area (Å²) in [6.07, 6.45) is 0.334. The Morgan fingerprint density at radius 3 is 2.27 bits per heavy atom. The van der Waals surface area contributed by atoms with Gasteiger partial charge in [-0.3, -0.25) is 4.90 Å². The number of anilines is 1. The van der Waals surface area contributed by atoms with Crippen LogP contribution in [0.4, 0.5) is 10.5 Å². The highest BCUT2D eigenvalue weighted by Crippen LogP contribution is 2.39. The number of rotatable bonds is 11. The first-order valence-electron chi connectivity index (χ1n) is 17.5. The largest absolute Gasteiger partial charge is 0.457 e. The van der Waals surface area contributed by atoms with E-state index in [4.69, 9.17) is 14.2 Å². The highest BCUT2D eigenvalue weighted by molar-refractivity contribution is 5.89. The summed E-state index contributed by atoms with van der Waals surface area (Å²) >= 11 is 0. The number of nitrogens with zero attached hydrogens (tertiary/aromatic N) is 1. The van der Waals surface area contributed by atoms with Gasteiger partial charge in [0.05, 0.1) is 24.9 Å². The van der Waals surface area contributed by atoms with Crippen LogP contribution in [0.3, 0.4) is 0 Å². The standard InChI is InChI=1S/C42H43N3O6/c46-28-29-12-14-31(15-13-29)40-24-39(27-45-21-20-36(47)26-45)50-41(51-40)34-9-5-8-33(23-34)32-7-4-6-30(22-32)25-43-42(48)44-35-16-18-38(19-17-35)49-37-10-2-1-3-11-37/h1-19,22-23,36,39-41,46-47H,20-21,24-28H2,(H2,43,44,48). The third kappa shape index (κ3) is 9.21. The van der Waals surface area contributed by atoms with E-state index in [1.165, 1.54) is 0 Å². The second-order valence-electron chi connectivity index (χ2n) is 13.1. The molecule has 4 atom stereocenters. The molecule has 0 saturated carbocycles. The van der Waals surface area contributed by atoms with E-state index in [1.54, 1.807) is 12.1 Å². The lowest BCUT2D eigenvalue weighted by atomic mass is 9.98. The van der Waals surface area contributed by atoms with Gasteiger partial charge in [-0.2, -0.15) is 0 Å². The number of aliphatic hydroxyl groups excluding tert-OH is 2. The highest BCUT2D eigenvalue weighted by Gasteiger charge is 2.34. The lowest BCUT2D eigenvalue weighted by Gasteiger charge is -2.38. The molecular formula is C42H43N3O6. The fraction of sp³-hybridized carbons (Fsp3) is 0.262. The molecular weight excluding hydrogens is 642 g/mol. The number of hydrogen-bond donors (Lipinski definition) is 4. The van der Waals surface area contributed by atoms with E-state index < -0.39 is 6.29 Å². The molecule has 0 spiro atoms. The predicted octanol–water partition coefficient (Wildman–Crippen LogP) is 7.57. The monoisotopic (exact) mass is 685 g/mol. The van der Waals surface area contributed by atoms with Crippen molar-refractivity contribution in [3.8, 4) is 22.6 Å². The van der Waals surface area contributed by atoms with Gasteiger partial charge in [-0.1, -0.05) is 78.9 Å². The van der Waals surface area contributed by atoms with E-state index >= 15 is 0 Å².